The first-order valence-electron chi connectivity index (χ1n) is 8.35. The van der Waals surface area contributed by atoms with Crippen molar-refractivity contribution in [3.05, 3.63) is 35.4 Å². The van der Waals surface area contributed by atoms with Crippen LogP contribution in [0.25, 0.3) is 0 Å². The number of hydrogen-bond donors (Lipinski definition) is 1. The molecule has 1 aromatic carbocycles. The van der Waals surface area contributed by atoms with Crippen molar-refractivity contribution in [1.82, 2.24) is 4.90 Å². The average molecular weight is 274 g/mol. The third-order valence-corrected chi connectivity index (χ3v) is 4.83. The number of nitrogens with zero attached hydrogens (tertiary/aromatic N) is 1. The van der Waals surface area contributed by atoms with Crippen LogP contribution in [0.5, 0.6) is 0 Å². The van der Waals surface area contributed by atoms with Gasteiger partial charge in [0.2, 0.25) is 0 Å². The molecule has 20 heavy (non-hydrogen) atoms. The van der Waals surface area contributed by atoms with E-state index in [1.165, 1.54) is 43.2 Å². The van der Waals surface area contributed by atoms with Crippen LogP contribution in [0.1, 0.15) is 63.1 Å². The third kappa shape index (κ3) is 3.42. The average Bonchev–Trinajstić information content (AvgIpc) is 2.53. The van der Waals surface area contributed by atoms with Crippen molar-refractivity contribution in [2.75, 3.05) is 13.1 Å². The Morgan fingerprint density at radius 2 is 1.85 bits per heavy atom. The maximum absolute atomic E-state index is 6.17. The van der Waals surface area contributed by atoms with Crippen LogP contribution in [0.3, 0.4) is 0 Å². The number of hydrogen-bond acceptors (Lipinski definition) is 2. The molecular formula is C18H30N2. The summed E-state index contributed by atoms with van der Waals surface area (Å²) in [6, 6.07) is 9.96. The minimum atomic E-state index is 0.388. The Labute approximate surface area is 124 Å². The monoisotopic (exact) mass is 274 g/mol. The van der Waals surface area contributed by atoms with Gasteiger partial charge in [-0.1, -0.05) is 57.4 Å². The van der Waals surface area contributed by atoms with E-state index in [1.807, 2.05) is 0 Å². The Morgan fingerprint density at radius 1 is 1.15 bits per heavy atom. The zero-order valence-corrected chi connectivity index (χ0v) is 13.1. The number of aryl methyl sites for hydroxylation is 1. The first kappa shape index (κ1) is 15.5. The molecular weight excluding hydrogens is 244 g/mol. The highest BCUT2D eigenvalue weighted by Gasteiger charge is 2.27. The Bertz CT molecular complexity index is 396. The highest BCUT2D eigenvalue weighted by Crippen LogP contribution is 2.31. The molecule has 0 spiro atoms. The first-order chi connectivity index (χ1) is 9.81. The fourth-order valence-electron chi connectivity index (χ4n) is 3.77. The van der Waals surface area contributed by atoms with E-state index < -0.39 is 0 Å². The van der Waals surface area contributed by atoms with E-state index in [0.29, 0.717) is 6.04 Å². The minimum absolute atomic E-state index is 0.388. The van der Waals surface area contributed by atoms with Crippen molar-refractivity contribution in [2.24, 2.45) is 5.73 Å². The smallest absolute Gasteiger partial charge is 0.0475 e. The first-order valence-corrected chi connectivity index (χ1v) is 8.35. The molecule has 0 saturated heterocycles. The molecule has 1 unspecified atom stereocenters. The summed E-state index contributed by atoms with van der Waals surface area (Å²) in [4.78, 5) is 2.66. The topological polar surface area (TPSA) is 29.3 Å². The molecule has 1 aromatic rings. The Balaban J connectivity index is 2.23. The van der Waals surface area contributed by atoms with Crippen LogP contribution in [0.4, 0.5) is 0 Å². The zero-order valence-electron chi connectivity index (χ0n) is 13.1. The molecule has 112 valence electrons. The van der Waals surface area contributed by atoms with E-state index in [9.17, 15) is 0 Å². The van der Waals surface area contributed by atoms with Gasteiger partial charge in [-0.15, -0.1) is 0 Å². The molecule has 0 amide bonds. The summed E-state index contributed by atoms with van der Waals surface area (Å²) in [5.41, 5.74) is 9.07. The Kier molecular flexibility index (Phi) is 6.06. The van der Waals surface area contributed by atoms with Gasteiger partial charge in [0.25, 0.3) is 0 Å². The summed E-state index contributed by atoms with van der Waals surface area (Å²) in [6.07, 6.45) is 7.96. The van der Waals surface area contributed by atoms with E-state index >= 15 is 0 Å². The zero-order chi connectivity index (χ0) is 14.4. The van der Waals surface area contributed by atoms with E-state index in [2.05, 4.69) is 43.0 Å². The third-order valence-electron chi connectivity index (χ3n) is 4.83. The van der Waals surface area contributed by atoms with E-state index in [-0.39, 0.29) is 0 Å². The lowest BCUT2D eigenvalue weighted by Gasteiger charge is -2.39. The largest absolute Gasteiger partial charge is 0.329 e. The summed E-state index contributed by atoms with van der Waals surface area (Å²) in [7, 11) is 0. The minimum Gasteiger partial charge on any atom is -0.329 e. The van der Waals surface area contributed by atoms with Crippen molar-refractivity contribution in [3.8, 4) is 0 Å². The van der Waals surface area contributed by atoms with Gasteiger partial charge in [-0.2, -0.15) is 0 Å². The molecule has 2 nitrogen and oxygen atoms in total. The molecule has 1 fully saturated rings. The van der Waals surface area contributed by atoms with Gasteiger partial charge in [0.05, 0.1) is 0 Å². The van der Waals surface area contributed by atoms with Gasteiger partial charge in [0.15, 0.2) is 0 Å². The fourth-order valence-corrected chi connectivity index (χ4v) is 3.77. The molecule has 1 aliphatic rings. The van der Waals surface area contributed by atoms with E-state index in [0.717, 1.165) is 25.6 Å². The normalized spacial score (nSPS) is 18.4. The van der Waals surface area contributed by atoms with Crippen LogP contribution < -0.4 is 5.73 Å². The molecule has 1 aliphatic carbocycles. The quantitative estimate of drug-likeness (QED) is 0.852. The molecule has 2 N–H and O–H groups in total. The molecule has 0 radical (unpaired) electrons. The SMILES string of the molecule is CCc1ccccc1C(CN)N(CC)C1CCCCC1. The molecule has 0 heterocycles. The molecule has 1 atom stereocenters. The van der Waals surface area contributed by atoms with Crippen LogP contribution in [0.2, 0.25) is 0 Å². The van der Waals surface area contributed by atoms with Crippen LogP contribution in [0, 0.1) is 0 Å². The summed E-state index contributed by atoms with van der Waals surface area (Å²) in [6.45, 7) is 6.35. The lowest BCUT2D eigenvalue weighted by atomic mass is 9.90. The highest BCUT2D eigenvalue weighted by atomic mass is 15.2. The van der Waals surface area contributed by atoms with Crippen molar-refractivity contribution < 1.29 is 0 Å². The summed E-state index contributed by atoms with van der Waals surface area (Å²) >= 11 is 0. The fraction of sp³-hybridized carbons (Fsp3) is 0.667. The summed E-state index contributed by atoms with van der Waals surface area (Å²) in [5, 5.41) is 0. The molecule has 0 aromatic heterocycles. The van der Waals surface area contributed by atoms with E-state index in [1.54, 1.807) is 0 Å². The second kappa shape index (κ2) is 7.80. The number of likely N-dealkylation sites (N-methyl/N-ethyl adjacent to an activating group) is 1. The standard InChI is InChI=1S/C18H30N2/c1-3-15-10-8-9-13-17(15)18(14-19)20(4-2)16-11-6-5-7-12-16/h8-10,13,16,18H,3-7,11-12,14,19H2,1-2H3. The van der Waals surface area contributed by atoms with Crippen LogP contribution in [-0.4, -0.2) is 24.0 Å². The number of nitrogens with two attached hydrogens (primary N) is 1. The Hall–Kier alpha value is -0.860. The maximum atomic E-state index is 6.17. The van der Waals surface area contributed by atoms with Gasteiger partial charge in [-0.25, -0.2) is 0 Å². The molecule has 0 aliphatic heterocycles. The lowest BCUT2D eigenvalue weighted by Crippen LogP contribution is -2.42. The van der Waals surface area contributed by atoms with E-state index in [4.69, 9.17) is 5.73 Å². The van der Waals surface area contributed by atoms with Crippen molar-refractivity contribution in [2.45, 2.75) is 64.5 Å². The van der Waals surface area contributed by atoms with Gasteiger partial charge < -0.3 is 5.73 Å². The number of benzene rings is 1. The molecule has 2 rings (SSSR count). The molecule has 2 heteroatoms. The van der Waals surface area contributed by atoms with Gasteiger partial charge in [-0.05, 0) is 36.9 Å². The highest BCUT2D eigenvalue weighted by molar-refractivity contribution is 5.30. The molecule has 1 saturated carbocycles. The van der Waals surface area contributed by atoms with Crippen LogP contribution in [0.15, 0.2) is 24.3 Å². The van der Waals surface area contributed by atoms with Crippen molar-refractivity contribution >= 4 is 0 Å². The molecule has 0 bridgehead atoms. The predicted octanol–water partition coefficient (Wildman–Crippen LogP) is 3.90. The second-order valence-electron chi connectivity index (χ2n) is 5.93. The lowest BCUT2D eigenvalue weighted by molar-refractivity contribution is 0.113. The Morgan fingerprint density at radius 3 is 2.45 bits per heavy atom. The number of rotatable bonds is 6. The van der Waals surface area contributed by atoms with Crippen LogP contribution in [-0.2, 0) is 6.42 Å². The van der Waals surface area contributed by atoms with Gasteiger partial charge in [0.1, 0.15) is 0 Å². The summed E-state index contributed by atoms with van der Waals surface area (Å²) < 4.78 is 0. The van der Waals surface area contributed by atoms with Gasteiger partial charge in [-0.3, -0.25) is 4.90 Å². The van der Waals surface area contributed by atoms with Crippen molar-refractivity contribution in [1.29, 1.82) is 0 Å². The second-order valence-corrected chi connectivity index (χ2v) is 5.93. The predicted molar refractivity (Wildman–Crippen MR) is 86.9 cm³/mol. The maximum Gasteiger partial charge on any atom is 0.0475 e. The van der Waals surface area contributed by atoms with Crippen LogP contribution >= 0.6 is 0 Å². The van der Waals surface area contributed by atoms with Gasteiger partial charge >= 0.3 is 0 Å². The summed E-state index contributed by atoms with van der Waals surface area (Å²) in [5.74, 6) is 0. The van der Waals surface area contributed by atoms with Crippen molar-refractivity contribution in [3.63, 3.8) is 0 Å². The van der Waals surface area contributed by atoms with Gasteiger partial charge in [0, 0.05) is 18.6 Å².